The number of thiazole rings is 1. The number of hydrogen-bond donors (Lipinski definition) is 0. The summed E-state index contributed by atoms with van der Waals surface area (Å²) in [5, 5.41) is 0. The molecule has 7 nitrogen and oxygen atoms in total. The highest BCUT2D eigenvalue weighted by Crippen LogP contribution is 2.31. The lowest BCUT2D eigenvalue weighted by Crippen LogP contribution is -2.40. The molecule has 0 radical (unpaired) electrons. The molecule has 2 aromatic carbocycles. The van der Waals surface area contributed by atoms with Gasteiger partial charge in [-0.3, -0.25) is 9.36 Å². The Hall–Kier alpha value is -3.91. The molecule has 4 rings (SSSR count). The Labute approximate surface area is 213 Å². The molecule has 0 bridgehead atoms. The zero-order valence-electron chi connectivity index (χ0n) is 20.9. The molecule has 0 spiro atoms. The number of aromatic nitrogens is 1. The summed E-state index contributed by atoms with van der Waals surface area (Å²) in [6.45, 7) is 7.83. The fraction of sp³-hybridized carbons (Fsp3) is 0.250. The average Bonchev–Trinajstić information content (AvgIpc) is 3.17. The largest absolute Gasteiger partial charge is 0.489 e. The Morgan fingerprint density at radius 2 is 1.92 bits per heavy atom. The highest BCUT2D eigenvalue weighted by atomic mass is 32.1. The topological polar surface area (TPSA) is 73.1 Å². The molecule has 0 fully saturated rings. The molecule has 0 aliphatic carbocycles. The van der Waals surface area contributed by atoms with Gasteiger partial charge in [0, 0.05) is 25.3 Å². The van der Waals surface area contributed by atoms with E-state index in [0.29, 0.717) is 33.0 Å². The van der Waals surface area contributed by atoms with E-state index in [0.717, 1.165) is 16.8 Å². The fourth-order valence-corrected chi connectivity index (χ4v) is 5.12. The summed E-state index contributed by atoms with van der Waals surface area (Å²) in [7, 11) is 3.92. The monoisotopic (exact) mass is 503 g/mol. The summed E-state index contributed by atoms with van der Waals surface area (Å²) in [5.41, 5.74) is 3.27. The van der Waals surface area contributed by atoms with Gasteiger partial charge in [0.1, 0.15) is 12.4 Å². The number of carbonyl (C=O) groups excluding carboxylic acids is 1. The number of rotatable bonds is 8. The molecule has 1 aliphatic rings. The van der Waals surface area contributed by atoms with Crippen molar-refractivity contribution in [3.8, 4) is 5.75 Å². The molecule has 0 amide bonds. The van der Waals surface area contributed by atoms with Crippen LogP contribution in [0, 0.1) is 0 Å². The zero-order chi connectivity index (χ0) is 25.8. The molecular weight excluding hydrogens is 474 g/mol. The smallest absolute Gasteiger partial charge is 0.338 e. The fourth-order valence-electron chi connectivity index (χ4n) is 4.08. The summed E-state index contributed by atoms with van der Waals surface area (Å²) in [5.74, 6) is 0.181. The van der Waals surface area contributed by atoms with Crippen molar-refractivity contribution in [2.75, 3.05) is 32.2 Å². The summed E-state index contributed by atoms with van der Waals surface area (Å²) < 4.78 is 13.2. The second-order valence-corrected chi connectivity index (χ2v) is 9.43. The Morgan fingerprint density at radius 1 is 1.19 bits per heavy atom. The van der Waals surface area contributed by atoms with Crippen LogP contribution in [0.25, 0.3) is 6.08 Å². The highest BCUT2D eigenvalue weighted by Gasteiger charge is 2.33. The first-order chi connectivity index (χ1) is 17.3. The second-order valence-electron chi connectivity index (χ2n) is 8.43. The summed E-state index contributed by atoms with van der Waals surface area (Å²) >= 11 is 1.28. The van der Waals surface area contributed by atoms with Gasteiger partial charge in [0.05, 0.1) is 28.5 Å². The lowest BCUT2D eigenvalue weighted by Gasteiger charge is -2.25. The molecule has 0 unspecified atom stereocenters. The van der Waals surface area contributed by atoms with Gasteiger partial charge in [0.15, 0.2) is 4.80 Å². The third-order valence-electron chi connectivity index (χ3n) is 5.80. The number of hydrogen-bond acceptors (Lipinski definition) is 7. The summed E-state index contributed by atoms with van der Waals surface area (Å²) in [6, 6.07) is 14.7. The van der Waals surface area contributed by atoms with Crippen LogP contribution in [0.15, 0.2) is 82.2 Å². The van der Waals surface area contributed by atoms with Gasteiger partial charge in [0.2, 0.25) is 0 Å². The number of fused-ring (bicyclic) bond motifs is 1. The third-order valence-corrected chi connectivity index (χ3v) is 6.79. The predicted molar refractivity (Wildman–Crippen MR) is 143 cm³/mol. The van der Waals surface area contributed by atoms with Crippen molar-refractivity contribution in [3.63, 3.8) is 0 Å². The summed E-state index contributed by atoms with van der Waals surface area (Å²) in [6.07, 6.45) is 3.48. The van der Waals surface area contributed by atoms with Crippen LogP contribution in [0.5, 0.6) is 5.75 Å². The highest BCUT2D eigenvalue weighted by molar-refractivity contribution is 7.07. The first-order valence-corrected chi connectivity index (χ1v) is 12.5. The molecule has 1 aliphatic heterocycles. The van der Waals surface area contributed by atoms with Crippen LogP contribution in [0.3, 0.4) is 0 Å². The van der Waals surface area contributed by atoms with E-state index >= 15 is 0 Å². The van der Waals surface area contributed by atoms with Gasteiger partial charge in [-0.15, -0.1) is 0 Å². The van der Waals surface area contributed by atoms with E-state index in [1.807, 2.05) is 67.5 Å². The maximum absolute atomic E-state index is 13.8. The van der Waals surface area contributed by atoms with E-state index in [1.54, 1.807) is 30.6 Å². The van der Waals surface area contributed by atoms with Crippen molar-refractivity contribution < 1.29 is 14.3 Å². The van der Waals surface area contributed by atoms with Crippen molar-refractivity contribution in [2.45, 2.75) is 19.9 Å². The van der Waals surface area contributed by atoms with Crippen LogP contribution in [0.2, 0.25) is 0 Å². The maximum atomic E-state index is 13.8. The predicted octanol–water partition coefficient (Wildman–Crippen LogP) is 3.43. The molecule has 1 atom stereocenters. The molecule has 2 heterocycles. The maximum Gasteiger partial charge on any atom is 0.338 e. The number of ether oxygens (including phenoxy) is 2. The van der Waals surface area contributed by atoms with Crippen molar-refractivity contribution in [2.24, 2.45) is 4.99 Å². The SMILES string of the molecule is C=CCOc1ccccc1/C=c1\sc2n(c1=O)[C@H](c1ccc(N(C)C)cc1)C(C(=O)OCC)=C(C)N=2. The Morgan fingerprint density at radius 3 is 2.58 bits per heavy atom. The minimum atomic E-state index is -0.647. The summed E-state index contributed by atoms with van der Waals surface area (Å²) in [4.78, 5) is 34.0. The second kappa shape index (κ2) is 10.8. The minimum absolute atomic E-state index is 0.228. The first kappa shape index (κ1) is 25.2. The van der Waals surface area contributed by atoms with Crippen molar-refractivity contribution in [3.05, 3.63) is 103 Å². The molecular formula is C28H29N3O4S. The Kier molecular flexibility index (Phi) is 7.55. The Bertz CT molecular complexity index is 1500. The van der Waals surface area contributed by atoms with Gasteiger partial charge < -0.3 is 14.4 Å². The van der Waals surface area contributed by atoms with Gasteiger partial charge in [-0.05, 0) is 43.7 Å². The number of allylic oxidation sites excluding steroid dienone is 1. The minimum Gasteiger partial charge on any atom is -0.489 e. The molecule has 0 saturated heterocycles. The van der Waals surface area contributed by atoms with Crippen LogP contribution >= 0.6 is 11.3 Å². The van der Waals surface area contributed by atoms with Crippen LogP contribution in [-0.2, 0) is 9.53 Å². The van der Waals surface area contributed by atoms with Crippen LogP contribution < -0.4 is 24.5 Å². The third kappa shape index (κ3) is 4.90. The quantitative estimate of drug-likeness (QED) is 0.348. The average molecular weight is 504 g/mol. The number of anilines is 1. The van der Waals surface area contributed by atoms with Crippen molar-refractivity contribution in [1.82, 2.24) is 4.57 Å². The standard InChI is InChI=1S/C28H29N3O4S/c1-6-16-35-22-11-9-8-10-20(22)17-23-26(32)31-25(19-12-14-21(15-13-19)30(4)5)24(27(33)34-7-2)18(3)29-28(31)36-23/h6,8-15,17,25H,1,7,16H2,2-5H3/b23-17-/t25-/m1/s1. The van der Waals surface area contributed by atoms with E-state index in [9.17, 15) is 9.59 Å². The lowest BCUT2D eigenvalue weighted by atomic mass is 9.95. The number of esters is 1. The van der Waals surface area contributed by atoms with E-state index in [4.69, 9.17) is 9.47 Å². The van der Waals surface area contributed by atoms with Gasteiger partial charge in [-0.2, -0.15) is 0 Å². The zero-order valence-corrected chi connectivity index (χ0v) is 21.7. The van der Waals surface area contributed by atoms with Crippen LogP contribution in [-0.4, -0.2) is 37.8 Å². The van der Waals surface area contributed by atoms with E-state index in [2.05, 4.69) is 11.6 Å². The molecule has 8 heteroatoms. The number of para-hydroxylation sites is 1. The lowest BCUT2D eigenvalue weighted by molar-refractivity contribution is -0.139. The molecule has 36 heavy (non-hydrogen) atoms. The van der Waals surface area contributed by atoms with Gasteiger partial charge in [-0.1, -0.05) is 54.3 Å². The van der Waals surface area contributed by atoms with Crippen molar-refractivity contribution in [1.29, 1.82) is 0 Å². The normalized spacial score (nSPS) is 15.2. The van der Waals surface area contributed by atoms with E-state index in [-0.39, 0.29) is 12.2 Å². The van der Waals surface area contributed by atoms with Gasteiger partial charge >= 0.3 is 5.97 Å². The van der Waals surface area contributed by atoms with Gasteiger partial charge in [0.25, 0.3) is 5.56 Å². The number of carbonyl (C=O) groups is 1. The Balaban J connectivity index is 1.91. The molecule has 0 N–H and O–H groups in total. The molecule has 0 saturated carbocycles. The first-order valence-electron chi connectivity index (χ1n) is 11.6. The van der Waals surface area contributed by atoms with Crippen molar-refractivity contribution >= 4 is 29.1 Å². The molecule has 1 aromatic heterocycles. The van der Waals surface area contributed by atoms with Crippen LogP contribution in [0.1, 0.15) is 31.0 Å². The number of benzene rings is 2. The van der Waals surface area contributed by atoms with E-state index < -0.39 is 12.0 Å². The van der Waals surface area contributed by atoms with Gasteiger partial charge in [-0.25, -0.2) is 9.79 Å². The number of nitrogens with zero attached hydrogens (tertiary/aromatic N) is 3. The van der Waals surface area contributed by atoms with Crippen LogP contribution in [0.4, 0.5) is 5.69 Å². The molecule has 186 valence electrons. The van der Waals surface area contributed by atoms with E-state index in [1.165, 1.54) is 11.3 Å². The molecule has 3 aromatic rings.